The molecular formula is C19H17ClN2O. The number of rotatable bonds is 1. The summed E-state index contributed by atoms with van der Waals surface area (Å²) in [7, 11) is 0. The van der Waals surface area contributed by atoms with Crippen LogP contribution in [0.15, 0.2) is 59.8 Å². The summed E-state index contributed by atoms with van der Waals surface area (Å²) in [5, 5.41) is 7.71. The fourth-order valence-electron chi connectivity index (χ4n) is 3.34. The summed E-state index contributed by atoms with van der Waals surface area (Å²) in [5.74, 6) is 0.221. The predicted molar refractivity (Wildman–Crippen MR) is 93.8 cm³/mol. The summed E-state index contributed by atoms with van der Waals surface area (Å²) in [6.45, 7) is 0. The van der Waals surface area contributed by atoms with Crippen molar-refractivity contribution in [2.45, 2.75) is 25.3 Å². The molecule has 2 aromatic carbocycles. The molecule has 0 radical (unpaired) electrons. The number of allylic oxidation sites excluding steroid dienone is 1. The van der Waals surface area contributed by atoms with Crippen molar-refractivity contribution >= 4 is 28.8 Å². The number of hydrogen-bond acceptors (Lipinski definition) is 3. The maximum Gasteiger partial charge on any atom is 0.163 e. The Kier molecular flexibility index (Phi) is 3.58. The van der Waals surface area contributed by atoms with Crippen LogP contribution in [0.4, 0.5) is 11.4 Å². The lowest BCUT2D eigenvalue weighted by molar-refractivity contribution is -0.116. The predicted octanol–water partition coefficient (Wildman–Crippen LogP) is 4.93. The number of halogens is 1. The van der Waals surface area contributed by atoms with Crippen molar-refractivity contribution in [1.82, 2.24) is 0 Å². The number of nitrogens with one attached hydrogen (secondary N) is 2. The molecule has 0 amide bonds. The zero-order valence-electron chi connectivity index (χ0n) is 12.6. The van der Waals surface area contributed by atoms with Gasteiger partial charge in [0.15, 0.2) is 5.78 Å². The number of anilines is 2. The smallest absolute Gasteiger partial charge is 0.163 e. The van der Waals surface area contributed by atoms with Crippen molar-refractivity contribution in [2.75, 3.05) is 10.6 Å². The molecule has 1 aliphatic heterocycles. The van der Waals surface area contributed by atoms with Crippen LogP contribution in [0.25, 0.3) is 0 Å². The van der Waals surface area contributed by atoms with Crippen LogP contribution >= 0.6 is 11.6 Å². The number of Topliss-reactive ketones (excluding diaryl/α,β-unsaturated/α-hetero) is 1. The van der Waals surface area contributed by atoms with Gasteiger partial charge < -0.3 is 10.6 Å². The van der Waals surface area contributed by atoms with Crippen LogP contribution in [-0.4, -0.2) is 5.78 Å². The largest absolute Gasteiger partial charge is 0.372 e. The summed E-state index contributed by atoms with van der Waals surface area (Å²) in [4.78, 5) is 12.6. The molecule has 0 saturated carbocycles. The van der Waals surface area contributed by atoms with Crippen LogP contribution in [0.3, 0.4) is 0 Å². The van der Waals surface area contributed by atoms with Crippen molar-refractivity contribution in [1.29, 1.82) is 0 Å². The van der Waals surface area contributed by atoms with E-state index in [0.717, 1.165) is 41.1 Å². The van der Waals surface area contributed by atoms with Gasteiger partial charge in [0.2, 0.25) is 0 Å². The molecule has 2 aliphatic rings. The van der Waals surface area contributed by atoms with Crippen molar-refractivity contribution in [3.8, 4) is 0 Å². The van der Waals surface area contributed by atoms with Crippen molar-refractivity contribution in [3.05, 3.63) is 70.4 Å². The van der Waals surface area contributed by atoms with E-state index >= 15 is 0 Å². The molecule has 23 heavy (non-hydrogen) atoms. The van der Waals surface area contributed by atoms with E-state index in [1.165, 1.54) is 0 Å². The summed E-state index contributed by atoms with van der Waals surface area (Å²) < 4.78 is 0. The van der Waals surface area contributed by atoms with Gasteiger partial charge in [-0.3, -0.25) is 4.79 Å². The minimum Gasteiger partial charge on any atom is -0.372 e. The van der Waals surface area contributed by atoms with E-state index in [0.29, 0.717) is 11.4 Å². The van der Waals surface area contributed by atoms with Crippen LogP contribution < -0.4 is 10.6 Å². The quantitative estimate of drug-likeness (QED) is 0.781. The average Bonchev–Trinajstić information content (AvgIpc) is 2.73. The van der Waals surface area contributed by atoms with Crippen molar-refractivity contribution in [2.24, 2.45) is 0 Å². The fourth-order valence-corrected chi connectivity index (χ4v) is 3.47. The molecule has 0 fully saturated rings. The van der Waals surface area contributed by atoms with Gasteiger partial charge in [-0.05, 0) is 42.7 Å². The first-order valence-corrected chi connectivity index (χ1v) is 8.24. The number of carbonyl (C=O) groups is 1. The lowest BCUT2D eigenvalue weighted by atomic mass is 9.87. The molecule has 4 heteroatoms. The highest BCUT2D eigenvalue weighted by molar-refractivity contribution is 6.30. The summed E-state index contributed by atoms with van der Waals surface area (Å²) in [5.41, 5.74) is 4.98. The van der Waals surface area contributed by atoms with Crippen LogP contribution in [0.2, 0.25) is 5.02 Å². The monoisotopic (exact) mass is 324 g/mol. The zero-order chi connectivity index (χ0) is 15.8. The Balaban J connectivity index is 1.86. The first-order chi connectivity index (χ1) is 11.2. The molecule has 3 nitrogen and oxygen atoms in total. The van der Waals surface area contributed by atoms with Gasteiger partial charge in [0.1, 0.15) is 0 Å². The Hall–Kier alpha value is -2.26. The molecule has 2 N–H and O–H groups in total. The second-order valence-corrected chi connectivity index (χ2v) is 6.40. The first kappa shape index (κ1) is 14.3. The molecule has 1 atom stereocenters. The lowest BCUT2D eigenvalue weighted by Crippen LogP contribution is -2.23. The Morgan fingerprint density at radius 2 is 1.70 bits per heavy atom. The number of ketones is 1. The molecule has 0 spiro atoms. The number of hydrogen-bond donors (Lipinski definition) is 2. The van der Waals surface area contributed by atoms with E-state index in [-0.39, 0.29) is 11.8 Å². The van der Waals surface area contributed by atoms with Gasteiger partial charge in [-0.15, -0.1) is 0 Å². The van der Waals surface area contributed by atoms with E-state index < -0.39 is 0 Å². The van der Waals surface area contributed by atoms with E-state index in [1.807, 2.05) is 48.5 Å². The Labute approximate surface area is 140 Å². The third-order valence-corrected chi connectivity index (χ3v) is 4.71. The van der Waals surface area contributed by atoms with Gasteiger partial charge in [0, 0.05) is 22.7 Å². The van der Waals surface area contributed by atoms with Crippen molar-refractivity contribution < 1.29 is 4.79 Å². The molecule has 4 rings (SSSR count). The topological polar surface area (TPSA) is 41.1 Å². The zero-order valence-corrected chi connectivity index (χ0v) is 13.4. The number of benzene rings is 2. The van der Waals surface area contributed by atoms with Crippen LogP contribution in [0.5, 0.6) is 0 Å². The van der Waals surface area contributed by atoms with E-state index in [2.05, 4.69) is 10.6 Å². The highest BCUT2D eigenvalue weighted by Gasteiger charge is 2.31. The molecular weight excluding hydrogens is 308 g/mol. The van der Waals surface area contributed by atoms with Gasteiger partial charge in [-0.25, -0.2) is 0 Å². The standard InChI is InChI=1S/C19H17ClN2O/c20-13-10-8-12(9-11-13)19-18-16(6-3-7-17(18)23)21-14-4-1-2-5-15(14)22-19/h1-2,4-5,8-11,19,21-22H,3,6-7H2/t19-/m1/s1. The SMILES string of the molecule is O=C1CCCC2=C1[C@@H](c1ccc(Cl)cc1)Nc1ccccc1N2. The highest BCUT2D eigenvalue weighted by atomic mass is 35.5. The van der Waals surface area contributed by atoms with E-state index in [1.54, 1.807) is 0 Å². The highest BCUT2D eigenvalue weighted by Crippen LogP contribution is 2.40. The summed E-state index contributed by atoms with van der Waals surface area (Å²) >= 11 is 6.02. The number of para-hydroxylation sites is 2. The van der Waals surface area contributed by atoms with Gasteiger partial charge in [-0.2, -0.15) is 0 Å². The van der Waals surface area contributed by atoms with Crippen LogP contribution in [0.1, 0.15) is 30.9 Å². The molecule has 0 unspecified atom stereocenters. The normalized spacial score (nSPS) is 20.0. The molecule has 0 aromatic heterocycles. The van der Waals surface area contributed by atoms with Gasteiger partial charge >= 0.3 is 0 Å². The number of carbonyl (C=O) groups excluding carboxylic acids is 1. The molecule has 1 aliphatic carbocycles. The third kappa shape index (κ3) is 2.62. The van der Waals surface area contributed by atoms with Crippen LogP contribution in [0, 0.1) is 0 Å². The van der Waals surface area contributed by atoms with E-state index in [4.69, 9.17) is 11.6 Å². The second-order valence-electron chi connectivity index (χ2n) is 5.97. The molecule has 116 valence electrons. The molecule has 2 aromatic rings. The minimum atomic E-state index is -0.147. The average molecular weight is 325 g/mol. The van der Waals surface area contributed by atoms with Crippen LogP contribution in [-0.2, 0) is 4.79 Å². The fraction of sp³-hybridized carbons (Fsp3) is 0.211. The Bertz CT molecular complexity index is 795. The lowest BCUT2D eigenvalue weighted by Gasteiger charge is -2.25. The van der Waals surface area contributed by atoms with E-state index in [9.17, 15) is 4.79 Å². The first-order valence-electron chi connectivity index (χ1n) is 7.86. The third-order valence-electron chi connectivity index (χ3n) is 4.46. The molecule has 0 saturated heterocycles. The van der Waals surface area contributed by atoms with Gasteiger partial charge in [0.05, 0.1) is 17.4 Å². The second kappa shape index (κ2) is 5.74. The molecule has 0 bridgehead atoms. The maximum absolute atomic E-state index is 12.6. The Morgan fingerprint density at radius 3 is 2.48 bits per heavy atom. The molecule has 1 heterocycles. The van der Waals surface area contributed by atoms with Gasteiger partial charge in [0.25, 0.3) is 0 Å². The summed E-state index contributed by atoms with van der Waals surface area (Å²) in [6, 6.07) is 15.6. The maximum atomic E-state index is 12.6. The van der Waals surface area contributed by atoms with Crippen molar-refractivity contribution in [3.63, 3.8) is 0 Å². The number of fused-ring (bicyclic) bond motifs is 1. The summed E-state index contributed by atoms with van der Waals surface area (Å²) in [6.07, 6.45) is 2.42. The minimum absolute atomic E-state index is 0.147. The van der Waals surface area contributed by atoms with Gasteiger partial charge in [-0.1, -0.05) is 35.9 Å². The Morgan fingerprint density at radius 1 is 0.957 bits per heavy atom.